The molecule has 2 amide bonds. The maximum Gasteiger partial charge on any atom is 0.328 e. The topological polar surface area (TPSA) is 92.2 Å². The second kappa shape index (κ2) is 9.04. The second-order valence-corrected chi connectivity index (χ2v) is 7.86. The maximum atomic E-state index is 12.4. The van der Waals surface area contributed by atoms with Gasteiger partial charge >= 0.3 is 5.69 Å². The number of amides is 2. The summed E-state index contributed by atoms with van der Waals surface area (Å²) in [7, 11) is 0. The molecule has 32 heavy (non-hydrogen) atoms. The van der Waals surface area contributed by atoms with Crippen LogP contribution in [0.15, 0.2) is 80.9 Å². The third-order valence-electron chi connectivity index (χ3n) is 4.83. The van der Waals surface area contributed by atoms with Gasteiger partial charge in [-0.15, -0.1) is 0 Å². The van der Waals surface area contributed by atoms with Crippen LogP contribution in [0.25, 0.3) is 0 Å². The number of nitrogens with zero attached hydrogens (tertiary/aromatic N) is 2. The van der Waals surface area contributed by atoms with E-state index < -0.39 is 11.2 Å². The molecule has 0 bridgehead atoms. The van der Waals surface area contributed by atoms with Crippen LogP contribution in [0, 0.1) is 11.8 Å². The molecule has 0 spiro atoms. The Morgan fingerprint density at radius 2 is 1.47 bits per heavy atom. The Morgan fingerprint density at radius 1 is 0.844 bits per heavy atom. The molecule has 0 fully saturated rings. The fourth-order valence-corrected chi connectivity index (χ4v) is 3.44. The molecule has 8 heteroatoms. The number of hydrogen-bond acceptors (Lipinski definition) is 4. The van der Waals surface area contributed by atoms with Gasteiger partial charge in [0.05, 0.1) is 11.1 Å². The number of aromatic amines is 1. The summed E-state index contributed by atoms with van der Waals surface area (Å²) in [5, 5.41) is 0. The number of benzene rings is 2. The van der Waals surface area contributed by atoms with Gasteiger partial charge in [0, 0.05) is 29.3 Å². The van der Waals surface area contributed by atoms with Crippen molar-refractivity contribution in [2.75, 3.05) is 6.54 Å². The minimum Gasteiger partial charge on any atom is -0.296 e. The summed E-state index contributed by atoms with van der Waals surface area (Å²) in [5.41, 5.74) is 0.515. The molecular weight excluding hydrogens is 474 g/mol. The molecule has 7 nitrogen and oxygen atoms in total. The molecule has 158 valence electrons. The van der Waals surface area contributed by atoms with Crippen LogP contribution in [0.5, 0.6) is 0 Å². The molecule has 1 aliphatic heterocycles. The average Bonchev–Trinajstić information content (AvgIpc) is 3.03. The number of rotatable bonds is 4. The summed E-state index contributed by atoms with van der Waals surface area (Å²) in [6.45, 7) is 0.229. The lowest BCUT2D eigenvalue weighted by molar-refractivity contribution is 0.0672. The molecular formula is C24H16BrN3O4. The molecule has 0 saturated carbocycles. The van der Waals surface area contributed by atoms with E-state index in [0.29, 0.717) is 11.1 Å². The van der Waals surface area contributed by atoms with Gasteiger partial charge in [-0.05, 0) is 36.4 Å². The highest BCUT2D eigenvalue weighted by atomic mass is 79.9. The van der Waals surface area contributed by atoms with E-state index in [9.17, 15) is 19.2 Å². The number of nitrogens with one attached hydrogen (secondary N) is 1. The van der Waals surface area contributed by atoms with Gasteiger partial charge < -0.3 is 0 Å². The second-order valence-electron chi connectivity index (χ2n) is 6.95. The van der Waals surface area contributed by atoms with E-state index in [1.807, 2.05) is 24.3 Å². The fourth-order valence-electron chi connectivity index (χ4n) is 3.18. The van der Waals surface area contributed by atoms with Crippen molar-refractivity contribution in [1.29, 1.82) is 0 Å². The van der Waals surface area contributed by atoms with Gasteiger partial charge in [-0.2, -0.15) is 0 Å². The molecule has 0 atom stereocenters. The van der Waals surface area contributed by atoms with Crippen LogP contribution in [0.3, 0.4) is 0 Å². The van der Waals surface area contributed by atoms with Gasteiger partial charge in [0.2, 0.25) is 0 Å². The Kier molecular flexibility index (Phi) is 6.01. The van der Waals surface area contributed by atoms with E-state index in [-0.39, 0.29) is 30.5 Å². The molecule has 0 saturated heterocycles. The van der Waals surface area contributed by atoms with Crippen molar-refractivity contribution in [2.45, 2.75) is 6.54 Å². The summed E-state index contributed by atoms with van der Waals surface area (Å²) < 4.78 is 2.22. The highest BCUT2D eigenvalue weighted by Gasteiger charge is 2.33. The predicted octanol–water partition coefficient (Wildman–Crippen LogP) is 2.55. The third kappa shape index (κ3) is 4.38. The zero-order chi connectivity index (χ0) is 22.7. The zero-order valence-corrected chi connectivity index (χ0v) is 18.3. The minimum absolute atomic E-state index is 0.0840. The van der Waals surface area contributed by atoms with Crippen molar-refractivity contribution in [2.24, 2.45) is 0 Å². The minimum atomic E-state index is -0.574. The molecule has 0 unspecified atom stereocenters. The highest BCUT2D eigenvalue weighted by Crippen LogP contribution is 2.22. The van der Waals surface area contributed by atoms with Crippen molar-refractivity contribution < 1.29 is 9.59 Å². The van der Waals surface area contributed by atoms with Crippen molar-refractivity contribution in [1.82, 2.24) is 14.5 Å². The van der Waals surface area contributed by atoms with E-state index in [1.54, 1.807) is 36.4 Å². The highest BCUT2D eigenvalue weighted by molar-refractivity contribution is 9.10. The van der Waals surface area contributed by atoms with Crippen LogP contribution in [0.2, 0.25) is 0 Å². The first-order chi connectivity index (χ1) is 15.4. The van der Waals surface area contributed by atoms with E-state index in [1.165, 1.54) is 10.8 Å². The monoisotopic (exact) mass is 489 g/mol. The van der Waals surface area contributed by atoms with Crippen molar-refractivity contribution in [3.8, 4) is 11.8 Å². The molecule has 0 radical (unpaired) electrons. The summed E-state index contributed by atoms with van der Waals surface area (Å²) in [6.07, 6.45) is 4.67. The van der Waals surface area contributed by atoms with Gasteiger partial charge in [-0.25, -0.2) is 4.79 Å². The Balaban J connectivity index is 1.47. The molecule has 1 aliphatic rings. The molecule has 0 aliphatic carbocycles. The summed E-state index contributed by atoms with van der Waals surface area (Å²) in [4.78, 5) is 52.3. The van der Waals surface area contributed by atoms with Crippen molar-refractivity contribution >= 4 is 27.7 Å². The number of hydrogen-bond donors (Lipinski definition) is 1. The number of halogens is 1. The van der Waals surface area contributed by atoms with Gasteiger partial charge in [-0.1, -0.05) is 52.1 Å². The number of carbonyl (C=O) groups is 2. The molecule has 2 heterocycles. The first-order valence-electron chi connectivity index (χ1n) is 9.65. The summed E-state index contributed by atoms with van der Waals surface area (Å²) in [5.74, 6) is 4.98. The summed E-state index contributed by atoms with van der Waals surface area (Å²) >= 11 is 3.35. The van der Waals surface area contributed by atoms with E-state index in [4.69, 9.17) is 0 Å². The first kappa shape index (κ1) is 21.3. The van der Waals surface area contributed by atoms with Crippen LogP contribution < -0.4 is 11.2 Å². The van der Waals surface area contributed by atoms with Crippen molar-refractivity contribution in [3.63, 3.8) is 0 Å². The number of allylic oxidation sites excluding steroid dienone is 1. The lowest BCUT2D eigenvalue weighted by Gasteiger charge is -2.10. The van der Waals surface area contributed by atoms with E-state index in [2.05, 4.69) is 32.8 Å². The molecule has 1 aromatic heterocycles. The normalized spacial score (nSPS) is 12.7. The Bertz CT molecular complexity index is 1390. The molecule has 4 rings (SSSR count). The van der Waals surface area contributed by atoms with E-state index in [0.717, 1.165) is 14.9 Å². The number of carbonyl (C=O) groups excluding carboxylic acids is 2. The fraction of sp³-hybridized carbons (Fsp3) is 0.0833. The quantitative estimate of drug-likeness (QED) is 0.346. The molecule has 1 N–H and O–H groups in total. The maximum absolute atomic E-state index is 12.4. The lowest BCUT2D eigenvalue weighted by atomic mass is 10.1. The summed E-state index contributed by atoms with van der Waals surface area (Å²) in [6, 6.07) is 14.0. The van der Waals surface area contributed by atoms with Gasteiger partial charge in [0.1, 0.15) is 5.56 Å². The lowest BCUT2D eigenvalue weighted by Crippen LogP contribution is -2.31. The Morgan fingerprint density at radius 3 is 2.12 bits per heavy atom. The first-order valence-corrected chi connectivity index (χ1v) is 10.4. The van der Waals surface area contributed by atoms with Crippen LogP contribution in [-0.2, 0) is 6.54 Å². The Labute approximate surface area is 191 Å². The van der Waals surface area contributed by atoms with Crippen LogP contribution in [-0.4, -0.2) is 32.8 Å². The molecule has 3 aromatic rings. The standard InChI is InChI=1S/C24H16BrN3O4/c25-18-11-8-16(9-12-18)7-10-17-15-27(24(32)26-21(17)29)13-3-4-14-28-22(30)19-5-1-2-6-20(19)23(28)31/h1-6,8-9,11-12,15H,13-14H2,(H,26,29,32)/b4-3-. The number of H-pyrrole nitrogens is 1. The van der Waals surface area contributed by atoms with Gasteiger partial charge in [0.25, 0.3) is 17.4 Å². The van der Waals surface area contributed by atoms with Crippen LogP contribution >= 0.6 is 15.9 Å². The smallest absolute Gasteiger partial charge is 0.296 e. The van der Waals surface area contributed by atoms with Crippen LogP contribution in [0.1, 0.15) is 31.8 Å². The predicted molar refractivity (Wildman–Crippen MR) is 122 cm³/mol. The molecule has 2 aromatic carbocycles. The number of fused-ring (bicyclic) bond motifs is 1. The van der Waals surface area contributed by atoms with Gasteiger partial charge in [0.15, 0.2) is 0 Å². The zero-order valence-electron chi connectivity index (χ0n) is 16.7. The third-order valence-corrected chi connectivity index (χ3v) is 5.36. The SMILES string of the molecule is O=C1c2ccccc2C(=O)N1C/C=C\Cn1cc(C#Cc2ccc(Br)cc2)c(=O)[nH]c1=O. The van der Waals surface area contributed by atoms with Crippen LogP contribution in [0.4, 0.5) is 0 Å². The van der Waals surface area contributed by atoms with Gasteiger partial charge in [-0.3, -0.25) is 28.8 Å². The van der Waals surface area contributed by atoms with E-state index >= 15 is 0 Å². The van der Waals surface area contributed by atoms with Crippen molar-refractivity contribution in [3.05, 3.63) is 114 Å². The largest absolute Gasteiger partial charge is 0.328 e. The number of aromatic nitrogens is 2. The number of imide groups is 1. The average molecular weight is 490 g/mol. The Hall–Kier alpha value is -3.96.